The standard InChI is InChI=1S/C23H20F3N5O2/c1-2-33-17-6-20-30-19(22-7-13(8-22)14(9-22)10-27)12-31(20)11-16(17)29-21(32)15-4-3-5-18(28-15)23(24,25)26/h3-6,11-14H,2,7-9H2,1H3,(H,29,32). The number of imidazole rings is 1. The number of carbonyl (C=O) groups is 1. The van der Waals surface area contributed by atoms with E-state index in [4.69, 9.17) is 9.72 Å². The number of ether oxygens (including phenoxy) is 1. The van der Waals surface area contributed by atoms with Gasteiger partial charge in [-0.1, -0.05) is 6.07 Å². The Morgan fingerprint density at radius 1 is 1.30 bits per heavy atom. The van der Waals surface area contributed by atoms with Crippen molar-refractivity contribution in [2.75, 3.05) is 11.9 Å². The van der Waals surface area contributed by atoms with Crippen LogP contribution in [-0.4, -0.2) is 26.9 Å². The van der Waals surface area contributed by atoms with Gasteiger partial charge >= 0.3 is 6.18 Å². The van der Waals surface area contributed by atoms with E-state index in [1.54, 1.807) is 23.6 Å². The maximum Gasteiger partial charge on any atom is 0.433 e. The highest BCUT2D eigenvalue weighted by molar-refractivity contribution is 6.03. The molecule has 1 amide bonds. The van der Waals surface area contributed by atoms with Crippen molar-refractivity contribution in [2.24, 2.45) is 11.8 Å². The third kappa shape index (κ3) is 3.57. The molecule has 3 aliphatic rings. The molecule has 3 aromatic heterocycles. The lowest BCUT2D eigenvalue weighted by atomic mass is 9.67. The Balaban J connectivity index is 1.46. The van der Waals surface area contributed by atoms with Gasteiger partial charge in [0.15, 0.2) is 0 Å². The summed E-state index contributed by atoms with van der Waals surface area (Å²) in [7, 11) is 0. The Hall–Kier alpha value is -3.61. The number of aromatic nitrogens is 3. The van der Waals surface area contributed by atoms with Crippen LogP contribution < -0.4 is 10.1 Å². The van der Waals surface area contributed by atoms with Gasteiger partial charge in [0.05, 0.1) is 24.3 Å². The minimum atomic E-state index is -4.65. The van der Waals surface area contributed by atoms with Crippen LogP contribution in [0.5, 0.6) is 5.75 Å². The largest absolute Gasteiger partial charge is 0.491 e. The fourth-order valence-electron chi connectivity index (χ4n) is 4.99. The Bertz CT molecular complexity index is 1290. The highest BCUT2D eigenvalue weighted by Gasteiger charge is 2.58. The fraction of sp³-hybridized carbons (Fsp3) is 0.391. The molecule has 2 bridgehead atoms. The summed E-state index contributed by atoms with van der Waals surface area (Å²) in [5.74, 6) is 0.0554. The normalized spacial score (nSPS) is 23.7. The van der Waals surface area contributed by atoms with E-state index < -0.39 is 17.8 Å². The van der Waals surface area contributed by atoms with Gasteiger partial charge in [-0.25, -0.2) is 9.97 Å². The van der Waals surface area contributed by atoms with Crippen LogP contribution in [0.25, 0.3) is 5.65 Å². The predicted octanol–water partition coefficient (Wildman–Crippen LogP) is 4.59. The molecule has 3 aliphatic carbocycles. The number of amides is 1. The molecule has 1 unspecified atom stereocenters. The summed E-state index contributed by atoms with van der Waals surface area (Å²) in [4.78, 5) is 20.9. The third-order valence-corrected chi connectivity index (χ3v) is 6.57. The molecule has 0 radical (unpaired) electrons. The Labute approximate surface area is 187 Å². The summed E-state index contributed by atoms with van der Waals surface area (Å²) in [6.07, 6.45) is 1.55. The lowest BCUT2D eigenvalue weighted by molar-refractivity contribution is -0.141. The van der Waals surface area contributed by atoms with Crippen LogP contribution in [0.2, 0.25) is 0 Å². The highest BCUT2D eigenvalue weighted by Crippen LogP contribution is 2.62. The zero-order chi connectivity index (χ0) is 23.4. The lowest BCUT2D eigenvalue weighted by Gasteiger charge is -2.36. The van der Waals surface area contributed by atoms with Crippen LogP contribution in [0, 0.1) is 23.2 Å². The van der Waals surface area contributed by atoms with Crippen LogP contribution >= 0.6 is 0 Å². The minimum Gasteiger partial charge on any atom is -0.491 e. The van der Waals surface area contributed by atoms with Gasteiger partial charge in [-0.2, -0.15) is 18.4 Å². The first-order valence-corrected chi connectivity index (χ1v) is 10.6. The molecule has 170 valence electrons. The molecule has 7 nitrogen and oxygen atoms in total. The van der Waals surface area contributed by atoms with E-state index in [0.717, 1.165) is 37.1 Å². The van der Waals surface area contributed by atoms with E-state index >= 15 is 0 Å². The van der Waals surface area contributed by atoms with E-state index in [1.807, 2.05) is 6.20 Å². The van der Waals surface area contributed by atoms with Crippen molar-refractivity contribution in [3.63, 3.8) is 0 Å². The Morgan fingerprint density at radius 3 is 2.76 bits per heavy atom. The smallest absolute Gasteiger partial charge is 0.433 e. The summed E-state index contributed by atoms with van der Waals surface area (Å²) < 4.78 is 46.3. The number of hydrogen-bond donors (Lipinski definition) is 1. The number of rotatable bonds is 5. The number of pyridine rings is 2. The molecule has 33 heavy (non-hydrogen) atoms. The van der Waals surface area contributed by atoms with Crippen LogP contribution in [0.1, 0.15) is 48.1 Å². The summed E-state index contributed by atoms with van der Waals surface area (Å²) in [6, 6.07) is 7.25. The van der Waals surface area contributed by atoms with E-state index in [0.29, 0.717) is 29.6 Å². The van der Waals surface area contributed by atoms with E-state index in [2.05, 4.69) is 16.4 Å². The minimum absolute atomic E-state index is 0.0589. The summed E-state index contributed by atoms with van der Waals surface area (Å²) in [6.45, 7) is 2.11. The molecule has 0 saturated heterocycles. The lowest BCUT2D eigenvalue weighted by Crippen LogP contribution is -2.32. The van der Waals surface area contributed by atoms with Gasteiger partial charge in [-0.05, 0) is 44.2 Å². The van der Waals surface area contributed by atoms with Crippen molar-refractivity contribution in [3.05, 3.63) is 53.7 Å². The molecule has 3 heterocycles. The second-order valence-corrected chi connectivity index (χ2v) is 8.62. The maximum absolute atomic E-state index is 13.0. The highest BCUT2D eigenvalue weighted by atomic mass is 19.4. The summed E-state index contributed by atoms with van der Waals surface area (Å²) in [5.41, 5.74) is 0.243. The summed E-state index contributed by atoms with van der Waals surface area (Å²) >= 11 is 0. The second kappa shape index (κ2) is 7.47. The number of halogens is 3. The van der Waals surface area contributed by atoms with Crippen molar-refractivity contribution in [1.29, 1.82) is 5.26 Å². The van der Waals surface area contributed by atoms with Crippen LogP contribution in [0.4, 0.5) is 18.9 Å². The van der Waals surface area contributed by atoms with Crippen molar-refractivity contribution in [2.45, 2.75) is 37.8 Å². The molecular formula is C23H20F3N5O2. The molecule has 10 heteroatoms. The van der Waals surface area contributed by atoms with Gasteiger partial charge in [0.25, 0.3) is 5.91 Å². The first-order chi connectivity index (χ1) is 15.7. The second-order valence-electron chi connectivity index (χ2n) is 8.62. The molecule has 0 aliphatic heterocycles. The number of carbonyl (C=O) groups excluding carboxylic acids is 1. The van der Waals surface area contributed by atoms with Crippen LogP contribution in [-0.2, 0) is 11.6 Å². The number of nitriles is 1. The van der Waals surface area contributed by atoms with Crippen molar-refractivity contribution in [1.82, 2.24) is 14.4 Å². The number of nitrogens with zero attached hydrogens (tertiary/aromatic N) is 4. The molecule has 1 atom stereocenters. The van der Waals surface area contributed by atoms with Crippen molar-refractivity contribution in [3.8, 4) is 11.8 Å². The maximum atomic E-state index is 13.0. The van der Waals surface area contributed by atoms with Gasteiger partial charge in [-0.3, -0.25) is 4.79 Å². The number of alkyl halides is 3. The number of anilines is 1. The number of fused-ring (bicyclic) bond motifs is 2. The first kappa shape index (κ1) is 21.2. The van der Waals surface area contributed by atoms with Crippen molar-refractivity contribution < 1.29 is 22.7 Å². The van der Waals surface area contributed by atoms with Crippen LogP contribution in [0.15, 0.2) is 36.7 Å². The molecule has 3 fully saturated rings. The van der Waals surface area contributed by atoms with E-state index in [-0.39, 0.29) is 17.0 Å². The average molecular weight is 455 g/mol. The van der Waals surface area contributed by atoms with Gasteiger partial charge < -0.3 is 14.5 Å². The van der Waals surface area contributed by atoms with Gasteiger partial charge in [-0.15, -0.1) is 0 Å². The third-order valence-electron chi connectivity index (χ3n) is 6.57. The monoisotopic (exact) mass is 455 g/mol. The molecule has 3 aromatic rings. The molecule has 1 N–H and O–H groups in total. The zero-order valence-corrected chi connectivity index (χ0v) is 17.7. The van der Waals surface area contributed by atoms with Gasteiger partial charge in [0, 0.05) is 23.9 Å². The topological polar surface area (TPSA) is 92.3 Å². The fourth-order valence-corrected chi connectivity index (χ4v) is 4.99. The van der Waals surface area contributed by atoms with Gasteiger partial charge in [0.1, 0.15) is 28.5 Å². The molecule has 3 saturated carbocycles. The summed E-state index contributed by atoms with van der Waals surface area (Å²) in [5, 5.41) is 11.9. The molecule has 0 spiro atoms. The average Bonchev–Trinajstić information content (AvgIpc) is 3.44. The molecule has 0 aromatic carbocycles. The Kier molecular flexibility index (Phi) is 4.81. The number of hydrogen-bond acceptors (Lipinski definition) is 5. The molecular weight excluding hydrogens is 435 g/mol. The Morgan fingerprint density at radius 2 is 2.09 bits per heavy atom. The number of nitrogens with one attached hydrogen (secondary N) is 1. The van der Waals surface area contributed by atoms with Crippen molar-refractivity contribution >= 4 is 17.2 Å². The van der Waals surface area contributed by atoms with E-state index in [1.165, 1.54) is 6.07 Å². The quantitative estimate of drug-likeness (QED) is 0.608. The van der Waals surface area contributed by atoms with E-state index in [9.17, 15) is 23.2 Å². The predicted molar refractivity (Wildman–Crippen MR) is 112 cm³/mol. The molecule has 6 rings (SSSR count). The van der Waals surface area contributed by atoms with Gasteiger partial charge in [0.2, 0.25) is 0 Å². The first-order valence-electron chi connectivity index (χ1n) is 10.6. The zero-order valence-electron chi connectivity index (χ0n) is 17.7. The van der Waals surface area contributed by atoms with Crippen LogP contribution in [0.3, 0.4) is 0 Å². The SMILES string of the molecule is CCOc1cc2nc(C34CC(C#N)C(C3)C4)cn2cc1NC(=O)c1cccc(C(F)(F)F)n1.